The van der Waals surface area contributed by atoms with Gasteiger partial charge in [-0.1, -0.05) is 164 Å². The van der Waals surface area contributed by atoms with E-state index in [0.717, 1.165) is 39.7 Å². The van der Waals surface area contributed by atoms with Gasteiger partial charge in [-0.25, -0.2) is 0 Å². The zero-order valence-electron chi connectivity index (χ0n) is 29.4. The summed E-state index contributed by atoms with van der Waals surface area (Å²) >= 11 is 0. The molecule has 0 aliphatic heterocycles. The summed E-state index contributed by atoms with van der Waals surface area (Å²) in [6.45, 7) is 0. The quantitative estimate of drug-likeness (QED) is 0.167. The van der Waals surface area contributed by atoms with Crippen molar-refractivity contribution in [2.45, 2.75) is 0 Å². The summed E-state index contributed by atoms with van der Waals surface area (Å²) in [5.41, 5.74) is 13.7. The van der Waals surface area contributed by atoms with Crippen molar-refractivity contribution in [3.8, 4) is 67.5 Å². The molecule has 0 saturated heterocycles. The van der Waals surface area contributed by atoms with E-state index in [9.17, 15) is 0 Å². The second-order valence-electron chi connectivity index (χ2n) is 13.5. The normalized spacial score (nSPS) is 11.3. The molecule has 0 unspecified atom stereocenters. The van der Waals surface area contributed by atoms with Crippen LogP contribution in [-0.4, -0.2) is 19.3 Å². The van der Waals surface area contributed by atoms with E-state index in [1.807, 2.05) is 36.4 Å². The number of para-hydroxylation sites is 3. The zero-order chi connectivity index (χ0) is 35.8. The molecule has 10 aromatic rings. The van der Waals surface area contributed by atoms with Gasteiger partial charge >= 0.3 is 0 Å². The molecule has 2 heterocycles. The smallest absolute Gasteiger partial charge is 0.168 e. The van der Waals surface area contributed by atoms with E-state index in [0.29, 0.717) is 0 Å². The molecule has 0 saturated carbocycles. The Bertz CT molecular complexity index is 2910. The number of hydrogen-bond donors (Lipinski definition) is 0. The van der Waals surface area contributed by atoms with Crippen LogP contribution in [0.3, 0.4) is 0 Å². The Morgan fingerprint density at radius 1 is 0.278 bits per heavy atom. The summed E-state index contributed by atoms with van der Waals surface area (Å²) in [6, 6.07) is 73.0. The third-order valence-corrected chi connectivity index (χ3v) is 10.3. The average Bonchev–Trinajstić information content (AvgIpc) is 3.85. The lowest BCUT2D eigenvalue weighted by Gasteiger charge is -2.16. The van der Waals surface area contributed by atoms with Crippen LogP contribution >= 0.6 is 0 Å². The van der Waals surface area contributed by atoms with Crippen LogP contribution < -0.4 is 0 Å². The first-order chi connectivity index (χ1) is 26.8. The van der Waals surface area contributed by atoms with Crippen LogP contribution in [-0.2, 0) is 0 Å². The van der Waals surface area contributed by atoms with Crippen molar-refractivity contribution >= 4 is 21.8 Å². The monoisotopic (exact) mass is 690 g/mol. The van der Waals surface area contributed by atoms with Crippen molar-refractivity contribution in [2.24, 2.45) is 0 Å². The van der Waals surface area contributed by atoms with Crippen LogP contribution in [0.15, 0.2) is 206 Å². The minimum absolute atomic E-state index is 0.800. The maximum absolute atomic E-state index is 4.72. The van der Waals surface area contributed by atoms with Gasteiger partial charge < -0.3 is 4.57 Å². The van der Waals surface area contributed by atoms with Gasteiger partial charge in [-0.15, -0.1) is 10.2 Å². The number of hydrogen-bond acceptors (Lipinski definition) is 2. The topological polar surface area (TPSA) is 35.6 Å². The van der Waals surface area contributed by atoms with Gasteiger partial charge in [0.1, 0.15) is 0 Å². The predicted octanol–water partition coefficient (Wildman–Crippen LogP) is 12.7. The van der Waals surface area contributed by atoms with Gasteiger partial charge in [0.2, 0.25) is 0 Å². The van der Waals surface area contributed by atoms with Crippen molar-refractivity contribution in [3.05, 3.63) is 206 Å². The van der Waals surface area contributed by atoms with E-state index in [4.69, 9.17) is 5.10 Å². The highest BCUT2D eigenvalue weighted by molar-refractivity contribution is 6.11. The van der Waals surface area contributed by atoms with Crippen molar-refractivity contribution in [1.29, 1.82) is 0 Å². The lowest BCUT2D eigenvalue weighted by atomic mass is 9.89. The van der Waals surface area contributed by atoms with Crippen molar-refractivity contribution in [2.75, 3.05) is 0 Å². The summed E-state index contributed by atoms with van der Waals surface area (Å²) < 4.78 is 4.51. The molecule has 0 aliphatic carbocycles. The van der Waals surface area contributed by atoms with Gasteiger partial charge in [-0.05, 0) is 75.8 Å². The summed E-state index contributed by atoms with van der Waals surface area (Å²) in [5.74, 6) is 1.61. The van der Waals surface area contributed by atoms with Crippen LogP contribution in [0.2, 0.25) is 0 Å². The number of nitrogens with zero attached hydrogens (tertiary/aromatic N) is 4. The Morgan fingerprint density at radius 3 is 1.33 bits per heavy atom. The number of rotatable bonds is 7. The molecule has 0 aliphatic rings. The first-order valence-corrected chi connectivity index (χ1v) is 18.3. The fraction of sp³-hybridized carbons (Fsp3) is 0. The Labute approximate surface area is 313 Å². The van der Waals surface area contributed by atoms with Gasteiger partial charge in [0.15, 0.2) is 11.6 Å². The molecule has 254 valence electrons. The first kappa shape index (κ1) is 31.4. The van der Waals surface area contributed by atoms with E-state index in [1.54, 1.807) is 0 Å². The minimum Gasteiger partial charge on any atom is -0.309 e. The summed E-state index contributed by atoms with van der Waals surface area (Å²) in [7, 11) is 0. The Balaban J connectivity index is 1.06. The van der Waals surface area contributed by atoms with Crippen LogP contribution in [0.1, 0.15) is 0 Å². The van der Waals surface area contributed by atoms with Crippen LogP contribution in [0.5, 0.6) is 0 Å². The molecule has 10 rings (SSSR count). The number of fused-ring (bicyclic) bond motifs is 3. The fourth-order valence-corrected chi connectivity index (χ4v) is 7.80. The van der Waals surface area contributed by atoms with Gasteiger partial charge in [0.25, 0.3) is 0 Å². The molecule has 8 aromatic carbocycles. The van der Waals surface area contributed by atoms with Crippen LogP contribution in [0.4, 0.5) is 0 Å². The van der Waals surface area contributed by atoms with E-state index < -0.39 is 0 Å². The molecule has 0 bridgehead atoms. The Morgan fingerprint density at radius 2 is 0.704 bits per heavy atom. The maximum atomic E-state index is 4.72. The van der Waals surface area contributed by atoms with Crippen molar-refractivity contribution in [1.82, 2.24) is 19.3 Å². The maximum Gasteiger partial charge on any atom is 0.168 e. The molecule has 0 fully saturated rings. The summed E-state index contributed by atoms with van der Waals surface area (Å²) in [6.07, 6.45) is 0. The van der Waals surface area contributed by atoms with Gasteiger partial charge in [0.05, 0.1) is 11.0 Å². The van der Waals surface area contributed by atoms with E-state index >= 15 is 0 Å². The number of aromatic nitrogens is 4. The molecule has 54 heavy (non-hydrogen) atoms. The van der Waals surface area contributed by atoms with Gasteiger partial charge in [-0.2, -0.15) is 0 Å². The highest BCUT2D eigenvalue weighted by Crippen LogP contribution is 2.41. The van der Waals surface area contributed by atoms with Crippen LogP contribution in [0, 0.1) is 0 Å². The molecule has 0 N–H and O–H groups in total. The van der Waals surface area contributed by atoms with E-state index in [1.165, 1.54) is 49.6 Å². The van der Waals surface area contributed by atoms with Gasteiger partial charge in [-0.3, -0.25) is 4.57 Å². The molecular formula is C50H34N4. The predicted molar refractivity (Wildman–Crippen MR) is 223 cm³/mol. The lowest BCUT2D eigenvalue weighted by Crippen LogP contribution is -2.00. The van der Waals surface area contributed by atoms with Crippen molar-refractivity contribution in [3.63, 3.8) is 0 Å². The molecule has 0 spiro atoms. The van der Waals surface area contributed by atoms with Crippen molar-refractivity contribution < 1.29 is 0 Å². The molecule has 4 nitrogen and oxygen atoms in total. The lowest BCUT2D eigenvalue weighted by molar-refractivity contribution is 1.07. The molecule has 2 aromatic heterocycles. The highest BCUT2D eigenvalue weighted by Gasteiger charge is 2.19. The number of benzene rings is 8. The highest BCUT2D eigenvalue weighted by atomic mass is 15.3. The average molecular weight is 691 g/mol. The first-order valence-electron chi connectivity index (χ1n) is 18.3. The Kier molecular flexibility index (Phi) is 7.77. The third-order valence-electron chi connectivity index (χ3n) is 10.3. The summed E-state index contributed by atoms with van der Waals surface area (Å²) in [5, 5.41) is 11.9. The Hall–Kier alpha value is -7.30. The second-order valence-corrected chi connectivity index (χ2v) is 13.5. The second kappa shape index (κ2) is 13.4. The van der Waals surface area contributed by atoms with E-state index in [-0.39, 0.29) is 0 Å². The SMILES string of the molecule is c1ccc(-c2nnc(-c3ccc(-c4ccccc4-c4ccccc4-c4ccc5c(c4)c4ccccc4n5-c4ccccc4)cc3)n2-c2ccccc2)cc1. The molecule has 0 amide bonds. The largest absolute Gasteiger partial charge is 0.309 e. The molecule has 4 heteroatoms. The molecular weight excluding hydrogens is 657 g/mol. The summed E-state index contributed by atoms with van der Waals surface area (Å²) in [4.78, 5) is 0. The van der Waals surface area contributed by atoms with Gasteiger partial charge in [0, 0.05) is 33.3 Å². The van der Waals surface area contributed by atoms with E-state index in [2.05, 4.69) is 184 Å². The fourth-order valence-electron chi connectivity index (χ4n) is 7.80. The zero-order valence-corrected chi connectivity index (χ0v) is 29.4. The molecule has 0 atom stereocenters. The third kappa shape index (κ3) is 5.40. The van der Waals surface area contributed by atoms with Crippen LogP contribution in [0.25, 0.3) is 89.3 Å². The standard InChI is InChI=1S/C50H34N4/c1-4-16-36(17-5-1)49-51-52-50(54(49)40-20-8-3-9-21-40)37-30-28-35(29-31-37)41-22-10-12-24-43(41)44-25-13-11-23-42(44)38-32-33-48-46(34-38)45-26-14-15-27-47(45)53(48)39-18-6-2-7-19-39/h1-34H. The minimum atomic E-state index is 0.800. The molecule has 0 radical (unpaired) electrons.